The summed E-state index contributed by atoms with van der Waals surface area (Å²) in [5, 5.41) is 0.824. The Hall–Kier alpha value is -3.14. The summed E-state index contributed by atoms with van der Waals surface area (Å²) < 4.78 is 46.0. The van der Waals surface area contributed by atoms with Crippen LogP contribution in [0.15, 0.2) is 36.9 Å². The molecule has 1 fully saturated rings. The van der Waals surface area contributed by atoms with Gasteiger partial charge in [-0.05, 0) is 31.0 Å². The third-order valence-corrected chi connectivity index (χ3v) is 5.54. The largest absolute Gasteiger partial charge is 0.491 e. The third kappa shape index (κ3) is 3.71. The number of anilines is 1. The molecule has 160 valence electrons. The highest BCUT2D eigenvalue weighted by Gasteiger charge is 2.34. The highest BCUT2D eigenvalue weighted by atomic mass is 35.5. The van der Waals surface area contributed by atoms with E-state index in [9.17, 15) is 13.2 Å². The SMILES string of the molecule is FC(F)(F)c1cc(OCC2CCCN2c2ncnc3[nH]cnc23)c2cc(Cl)ccc2n1. The predicted molar refractivity (Wildman–Crippen MR) is 109 cm³/mol. The minimum Gasteiger partial charge on any atom is -0.491 e. The number of pyridine rings is 1. The van der Waals surface area contributed by atoms with Crippen LogP contribution in [0, 0.1) is 0 Å². The highest BCUT2D eigenvalue weighted by molar-refractivity contribution is 6.31. The van der Waals surface area contributed by atoms with Crippen molar-refractivity contribution >= 4 is 39.5 Å². The molecule has 0 amide bonds. The van der Waals surface area contributed by atoms with Crippen molar-refractivity contribution in [2.45, 2.75) is 25.1 Å². The maximum absolute atomic E-state index is 13.3. The molecule has 0 radical (unpaired) electrons. The molecule has 5 rings (SSSR count). The van der Waals surface area contributed by atoms with E-state index in [0.717, 1.165) is 25.5 Å². The van der Waals surface area contributed by atoms with Crippen LogP contribution in [-0.2, 0) is 6.18 Å². The minimum absolute atomic E-state index is 0.0773. The quantitative estimate of drug-likeness (QED) is 0.490. The smallest absolute Gasteiger partial charge is 0.433 e. The number of rotatable bonds is 4. The average Bonchev–Trinajstić information content (AvgIpc) is 3.40. The second kappa shape index (κ2) is 7.52. The maximum atomic E-state index is 13.3. The van der Waals surface area contributed by atoms with Crippen LogP contribution >= 0.6 is 11.6 Å². The molecule has 0 aliphatic carbocycles. The molecule has 7 nitrogen and oxygen atoms in total. The summed E-state index contributed by atoms with van der Waals surface area (Å²) in [7, 11) is 0. The lowest BCUT2D eigenvalue weighted by molar-refractivity contribution is -0.141. The molecule has 1 N–H and O–H groups in total. The number of hydrogen-bond acceptors (Lipinski definition) is 6. The van der Waals surface area contributed by atoms with Gasteiger partial charge < -0.3 is 14.6 Å². The Kier molecular flexibility index (Phi) is 4.81. The van der Waals surface area contributed by atoms with Gasteiger partial charge in [0.15, 0.2) is 11.5 Å². The monoisotopic (exact) mass is 448 g/mol. The number of imidazole rings is 1. The molecule has 1 aromatic carbocycles. The molecule has 0 bridgehead atoms. The number of ether oxygens (including phenoxy) is 1. The summed E-state index contributed by atoms with van der Waals surface area (Å²) in [6.07, 6.45) is 0.139. The Bertz CT molecular complexity index is 1260. The molecule has 4 aromatic rings. The first-order chi connectivity index (χ1) is 14.9. The molecule has 4 heterocycles. The van der Waals surface area contributed by atoms with E-state index in [4.69, 9.17) is 16.3 Å². The van der Waals surface area contributed by atoms with E-state index >= 15 is 0 Å². The van der Waals surface area contributed by atoms with E-state index in [2.05, 4.69) is 29.8 Å². The summed E-state index contributed by atoms with van der Waals surface area (Å²) in [5.74, 6) is 0.773. The zero-order valence-corrected chi connectivity index (χ0v) is 16.8. The molecule has 1 unspecified atom stereocenters. The second-order valence-electron chi connectivity index (χ2n) is 7.26. The van der Waals surface area contributed by atoms with Crippen molar-refractivity contribution in [1.29, 1.82) is 0 Å². The van der Waals surface area contributed by atoms with Gasteiger partial charge in [-0.1, -0.05) is 11.6 Å². The number of aromatic amines is 1. The van der Waals surface area contributed by atoms with Gasteiger partial charge in [0.2, 0.25) is 0 Å². The normalized spacial score (nSPS) is 17.0. The van der Waals surface area contributed by atoms with Gasteiger partial charge in [0.1, 0.15) is 29.9 Å². The zero-order chi connectivity index (χ0) is 21.6. The lowest BCUT2D eigenvalue weighted by Crippen LogP contribution is -2.35. The van der Waals surface area contributed by atoms with Gasteiger partial charge in [0.05, 0.1) is 17.9 Å². The van der Waals surface area contributed by atoms with E-state index < -0.39 is 11.9 Å². The molecule has 11 heteroatoms. The van der Waals surface area contributed by atoms with E-state index in [1.807, 2.05) is 0 Å². The van der Waals surface area contributed by atoms with Gasteiger partial charge in [-0.3, -0.25) is 0 Å². The number of aromatic nitrogens is 5. The average molecular weight is 449 g/mol. The summed E-state index contributed by atoms with van der Waals surface area (Å²) in [5.41, 5.74) is 0.442. The molecule has 0 saturated carbocycles. The Morgan fingerprint density at radius 1 is 1.19 bits per heavy atom. The van der Waals surface area contributed by atoms with Crippen LogP contribution in [0.25, 0.3) is 22.1 Å². The van der Waals surface area contributed by atoms with Crippen LogP contribution in [0.5, 0.6) is 5.75 Å². The summed E-state index contributed by atoms with van der Waals surface area (Å²) in [4.78, 5) is 21.6. The van der Waals surface area contributed by atoms with Crippen LogP contribution in [0.3, 0.4) is 0 Å². The Labute approximate surface area is 179 Å². The second-order valence-corrected chi connectivity index (χ2v) is 7.70. The number of nitrogens with one attached hydrogen (secondary N) is 1. The summed E-state index contributed by atoms with van der Waals surface area (Å²) in [6, 6.07) is 5.37. The van der Waals surface area contributed by atoms with Gasteiger partial charge in [-0.15, -0.1) is 0 Å². The van der Waals surface area contributed by atoms with Crippen LogP contribution in [0.2, 0.25) is 5.02 Å². The number of benzene rings is 1. The highest BCUT2D eigenvalue weighted by Crippen LogP contribution is 2.36. The van der Waals surface area contributed by atoms with Crippen molar-refractivity contribution in [3.05, 3.63) is 47.6 Å². The van der Waals surface area contributed by atoms with Gasteiger partial charge in [0.25, 0.3) is 0 Å². The first-order valence-electron chi connectivity index (χ1n) is 9.61. The van der Waals surface area contributed by atoms with Crippen LogP contribution < -0.4 is 9.64 Å². The van der Waals surface area contributed by atoms with Crippen molar-refractivity contribution in [2.24, 2.45) is 0 Å². The molecule has 3 aromatic heterocycles. The van der Waals surface area contributed by atoms with Gasteiger partial charge >= 0.3 is 6.18 Å². The first-order valence-corrected chi connectivity index (χ1v) is 9.99. The molecule has 1 aliphatic rings. The fourth-order valence-electron chi connectivity index (χ4n) is 3.87. The van der Waals surface area contributed by atoms with Crippen LogP contribution in [0.4, 0.5) is 19.0 Å². The van der Waals surface area contributed by atoms with Crippen molar-refractivity contribution in [1.82, 2.24) is 24.9 Å². The lowest BCUT2D eigenvalue weighted by atomic mass is 10.1. The molecule has 1 saturated heterocycles. The summed E-state index contributed by atoms with van der Waals surface area (Å²) in [6.45, 7) is 0.919. The van der Waals surface area contributed by atoms with Gasteiger partial charge in [-0.25, -0.2) is 19.9 Å². The van der Waals surface area contributed by atoms with Crippen LogP contribution in [-0.4, -0.2) is 44.1 Å². The van der Waals surface area contributed by atoms with Gasteiger partial charge in [-0.2, -0.15) is 13.2 Å². The standard InChI is InChI=1S/C20H16ClF3N6O/c21-11-3-4-14-13(6-11)15(7-16(29-14)20(22,23)24)31-8-12-2-1-5-30(12)19-17-18(26-9-25-17)27-10-28-19/h3-4,6-7,9-10,12H,1-2,5,8H2,(H,25,26,27,28). The number of halogens is 4. The van der Waals surface area contributed by atoms with Crippen molar-refractivity contribution in [3.8, 4) is 5.75 Å². The van der Waals surface area contributed by atoms with E-state index in [-0.39, 0.29) is 23.9 Å². The van der Waals surface area contributed by atoms with E-state index in [1.165, 1.54) is 18.5 Å². The topological polar surface area (TPSA) is 79.8 Å². The minimum atomic E-state index is -4.59. The number of fused-ring (bicyclic) bond motifs is 2. The lowest BCUT2D eigenvalue weighted by Gasteiger charge is -2.26. The fourth-order valence-corrected chi connectivity index (χ4v) is 4.04. The third-order valence-electron chi connectivity index (χ3n) is 5.30. The first kappa shape index (κ1) is 19.8. The molecule has 1 aliphatic heterocycles. The zero-order valence-electron chi connectivity index (χ0n) is 16.0. The number of hydrogen-bond donors (Lipinski definition) is 1. The van der Waals surface area contributed by atoms with Crippen molar-refractivity contribution in [3.63, 3.8) is 0 Å². The Morgan fingerprint density at radius 2 is 2.06 bits per heavy atom. The number of alkyl halides is 3. The van der Waals surface area contributed by atoms with Crippen LogP contribution in [0.1, 0.15) is 18.5 Å². The molecule has 31 heavy (non-hydrogen) atoms. The van der Waals surface area contributed by atoms with Crippen molar-refractivity contribution < 1.29 is 17.9 Å². The molecular formula is C20H16ClF3N6O. The van der Waals surface area contributed by atoms with Gasteiger partial charge in [0, 0.05) is 23.0 Å². The predicted octanol–water partition coefficient (Wildman–Crippen LogP) is 4.62. The Morgan fingerprint density at radius 3 is 2.90 bits per heavy atom. The molecule has 0 spiro atoms. The van der Waals surface area contributed by atoms with E-state index in [0.29, 0.717) is 27.4 Å². The number of H-pyrrole nitrogens is 1. The Balaban J connectivity index is 1.46. The fraction of sp³-hybridized carbons (Fsp3) is 0.300. The maximum Gasteiger partial charge on any atom is 0.433 e. The number of nitrogens with zero attached hydrogens (tertiary/aromatic N) is 5. The molecule has 1 atom stereocenters. The summed E-state index contributed by atoms with van der Waals surface area (Å²) >= 11 is 6.06. The van der Waals surface area contributed by atoms with Crippen molar-refractivity contribution in [2.75, 3.05) is 18.1 Å². The molecular weight excluding hydrogens is 433 g/mol. The van der Waals surface area contributed by atoms with E-state index in [1.54, 1.807) is 12.4 Å².